The standard InChI is InChI=1S/C14H17F2N3O5S2/c1-8(2)6-11(13-17-18-14(24-13)25(3,20)21)19-26(22,23)12-7-9(15)4-5-10(12)16/h4-5,7-8,11,19H,6H2,1-3H3/t11-/m0/s1. The second-order valence-corrected chi connectivity index (χ2v) is 9.63. The lowest BCUT2D eigenvalue weighted by Crippen LogP contribution is -2.30. The van der Waals surface area contributed by atoms with Crippen LogP contribution < -0.4 is 4.72 Å². The molecule has 12 heteroatoms. The Kier molecular flexibility index (Phi) is 5.78. The van der Waals surface area contributed by atoms with E-state index in [0.717, 1.165) is 12.3 Å². The first kappa shape index (κ1) is 20.4. The summed E-state index contributed by atoms with van der Waals surface area (Å²) in [5.41, 5.74) is 0. The van der Waals surface area contributed by atoms with Gasteiger partial charge in [0.25, 0.3) is 0 Å². The molecule has 1 N–H and O–H groups in total. The summed E-state index contributed by atoms with van der Waals surface area (Å²) in [4.78, 5) is -0.880. The highest BCUT2D eigenvalue weighted by molar-refractivity contribution is 7.90. The van der Waals surface area contributed by atoms with Crippen LogP contribution in [0, 0.1) is 17.6 Å². The number of sulfonamides is 1. The molecule has 0 saturated heterocycles. The van der Waals surface area contributed by atoms with Crippen LogP contribution in [-0.2, 0) is 19.9 Å². The third-order valence-corrected chi connectivity index (χ3v) is 5.51. The summed E-state index contributed by atoms with van der Waals surface area (Å²) in [5.74, 6) is -2.41. The molecule has 0 bridgehead atoms. The van der Waals surface area contributed by atoms with Crippen molar-refractivity contribution in [3.63, 3.8) is 0 Å². The van der Waals surface area contributed by atoms with Gasteiger partial charge in [0.2, 0.25) is 25.8 Å². The molecule has 0 aliphatic heterocycles. The first-order valence-corrected chi connectivity index (χ1v) is 10.8. The summed E-state index contributed by atoms with van der Waals surface area (Å²) in [7, 11) is -8.25. The van der Waals surface area contributed by atoms with E-state index < -0.39 is 47.7 Å². The fraction of sp³-hybridized carbons (Fsp3) is 0.429. The molecule has 0 radical (unpaired) electrons. The van der Waals surface area contributed by atoms with Crippen molar-refractivity contribution in [1.29, 1.82) is 0 Å². The van der Waals surface area contributed by atoms with E-state index in [4.69, 9.17) is 4.42 Å². The van der Waals surface area contributed by atoms with E-state index >= 15 is 0 Å². The van der Waals surface area contributed by atoms with Gasteiger partial charge < -0.3 is 4.42 Å². The van der Waals surface area contributed by atoms with Crippen molar-refractivity contribution < 1.29 is 30.0 Å². The zero-order valence-electron chi connectivity index (χ0n) is 14.1. The third kappa shape index (κ3) is 4.83. The molecule has 0 unspecified atom stereocenters. The molecule has 1 atom stereocenters. The Morgan fingerprint density at radius 3 is 2.35 bits per heavy atom. The summed E-state index contributed by atoms with van der Waals surface area (Å²) in [6.45, 7) is 3.55. The molecule has 0 spiro atoms. The molecular formula is C14H17F2N3O5S2. The number of aromatic nitrogens is 2. The average Bonchev–Trinajstić information content (AvgIpc) is 2.98. The SMILES string of the molecule is CC(C)C[C@H](NS(=O)(=O)c1cc(F)ccc1F)c1nnc(S(C)(=O)=O)o1. The molecule has 0 amide bonds. The molecule has 0 aliphatic carbocycles. The smallest absolute Gasteiger partial charge is 0.335 e. The van der Waals surface area contributed by atoms with E-state index in [1.54, 1.807) is 13.8 Å². The Balaban J connectivity index is 2.42. The lowest BCUT2D eigenvalue weighted by atomic mass is 10.0. The zero-order valence-corrected chi connectivity index (χ0v) is 15.7. The lowest BCUT2D eigenvalue weighted by Gasteiger charge is -2.17. The topological polar surface area (TPSA) is 119 Å². The van der Waals surface area contributed by atoms with Crippen LogP contribution in [0.1, 0.15) is 32.2 Å². The number of halogens is 2. The Morgan fingerprint density at radius 1 is 1.15 bits per heavy atom. The minimum Gasteiger partial charge on any atom is -0.411 e. The number of nitrogens with one attached hydrogen (secondary N) is 1. The van der Waals surface area contributed by atoms with Gasteiger partial charge in [-0.05, 0) is 30.5 Å². The van der Waals surface area contributed by atoms with Crippen molar-refractivity contribution in [2.24, 2.45) is 5.92 Å². The van der Waals surface area contributed by atoms with E-state index in [2.05, 4.69) is 14.9 Å². The van der Waals surface area contributed by atoms with Crippen LogP contribution >= 0.6 is 0 Å². The summed E-state index contributed by atoms with van der Waals surface area (Å²) in [5, 5.41) is 6.27. The number of nitrogens with zero attached hydrogens (tertiary/aromatic N) is 2. The van der Waals surface area contributed by atoms with Crippen molar-refractivity contribution in [1.82, 2.24) is 14.9 Å². The predicted molar refractivity (Wildman–Crippen MR) is 86.3 cm³/mol. The second-order valence-electron chi connectivity index (χ2n) is 6.06. The maximum Gasteiger partial charge on any atom is 0.335 e. The molecule has 8 nitrogen and oxygen atoms in total. The maximum absolute atomic E-state index is 13.8. The maximum atomic E-state index is 13.8. The monoisotopic (exact) mass is 409 g/mol. The van der Waals surface area contributed by atoms with Crippen LogP contribution in [0.4, 0.5) is 8.78 Å². The summed E-state index contributed by atoms with van der Waals surface area (Å²) < 4.78 is 82.2. The third-order valence-electron chi connectivity index (χ3n) is 3.22. The average molecular weight is 409 g/mol. The summed E-state index contributed by atoms with van der Waals surface area (Å²) in [6, 6.07) is 0.900. The van der Waals surface area contributed by atoms with Crippen molar-refractivity contribution in [3.05, 3.63) is 35.7 Å². The van der Waals surface area contributed by atoms with Crippen LogP contribution in [0.25, 0.3) is 0 Å². The van der Waals surface area contributed by atoms with Crippen molar-refractivity contribution in [2.45, 2.75) is 36.4 Å². The molecule has 2 rings (SSSR count). The molecule has 26 heavy (non-hydrogen) atoms. The normalized spacial score (nSPS) is 13.9. The van der Waals surface area contributed by atoms with E-state index in [9.17, 15) is 25.6 Å². The Labute approximate surface area is 149 Å². The van der Waals surface area contributed by atoms with Gasteiger partial charge in [0, 0.05) is 6.26 Å². The fourth-order valence-electron chi connectivity index (χ4n) is 2.12. The van der Waals surface area contributed by atoms with Crippen molar-refractivity contribution >= 4 is 19.9 Å². The molecule has 1 heterocycles. The van der Waals surface area contributed by atoms with Gasteiger partial charge in [0.1, 0.15) is 22.6 Å². The van der Waals surface area contributed by atoms with Gasteiger partial charge in [0.15, 0.2) is 0 Å². The van der Waals surface area contributed by atoms with Gasteiger partial charge in [-0.1, -0.05) is 18.9 Å². The molecule has 0 saturated carbocycles. The highest BCUT2D eigenvalue weighted by Crippen LogP contribution is 2.25. The number of hydrogen-bond donors (Lipinski definition) is 1. The highest BCUT2D eigenvalue weighted by atomic mass is 32.2. The zero-order chi connectivity index (χ0) is 19.7. The van der Waals surface area contributed by atoms with Crippen LogP contribution in [0.15, 0.2) is 32.7 Å². The fourth-order valence-corrected chi connectivity index (χ4v) is 3.83. The van der Waals surface area contributed by atoms with Crippen molar-refractivity contribution in [3.8, 4) is 0 Å². The number of rotatable bonds is 7. The minimum absolute atomic E-state index is 0.0614. The molecule has 1 aromatic heterocycles. The lowest BCUT2D eigenvalue weighted by molar-refractivity contribution is 0.340. The number of benzene rings is 1. The highest BCUT2D eigenvalue weighted by Gasteiger charge is 2.30. The van der Waals surface area contributed by atoms with E-state index in [-0.39, 0.29) is 18.2 Å². The summed E-state index contributed by atoms with van der Waals surface area (Å²) >= 11 is 0. The van der Waals surface area contributed by atoms with Crippen LogP contribution in [-0.4, -0.2) is 33.3 Å². The van der Waals surface area contributed by atoms with Crippen molar-refractivity contribution in [2.75, 3.05) is 6.26 Å². The largest absolute Gasteiger partial charge is 0.411 e. The second kappa shape index (κ2) is 7.37. The first-order chi connectivity index (χ1) is 11.9. The molecule has 0 fully saturated rings. The predicted octanol–water partition coefficient (Wildman–Crippen LogP) is 1.82. The molecular weight excluding hydrogens is 392 g/mol. The van der Waals surface area contributed by atoms with Gasteiger partial charge >= 0.3 is 5.22 Å². The quantitative estimate of drug-likeness (QED) is 0.741. The summed E-state index contributed by atoms with van der Waals surface area (Å²) in [6.07, 6.45) is 1.01. The molecule has 2 aromatic rings. The van der Waals surface area contributed by atoms with Gasteiger partial charge in [-0.25, -0.2) is 25.6 Å². The Hall–Kier alpha value is -1.92. The minimum atomic E-state index is -4.47. The van der Waals surface area contributed by atoms with E-state index in [1.165, 1.54) is 0 Å². The molecule has 144 valence electrons. The Morgan fingerprint density at radius 2 is 1.81 bits per heavy atom. The number of sulfone groups is 1. The van der Waals surface area contributed by atoms with Crippen LogP contribution in [0.2, 0.25) is 0 Å². The van der Waals surface area contributed by atoms with Gasteiger partial charge in [0.05, 0.1) is 0 Å². The van der Waals surface area contributed by atoms with Gasteiger partial charge in [-0.2, -0.15) is 4.72 Å². The van der Waals surface area contributed by atoms with Gasteiger partial charge in [-0.3, -0.25) is 0 Å². The van der Waals surface area contributed by atoms with E-state index in [1.807, 2.05) is 0 Å². The molecule has 0 aliphatic rings. The number of hydrogen-bond acceptors (Lipinski definition) is 7. The first-order valence-electron chi connectivity index (χ1n) is 7.41. The Bertz CT molecular complexity index is 1000. The van der Waals surface area contributed by atoms with Crippen LogP contribution in [0.3, 0.4) is 0 Å². The molecule has 1 aromatic carbocycles. The van der Waals surface area contributed by atoms with Gasteiger partial charge in [-0.15, -0.1) is 5.10 Å². The van der Waals surface area contributed by atoms with Crippen LogP contribution in [0.5, 0.6) is 0 Å². The van der Waals surface area contributed by atoms with E-state index in [0.29, 0.717) is 12.1 Å².